The first kappa shape index (κ1) is 25.3. The zero-order valence-electron chi connectivity index (χ0n) is 17.7. The second-order valence-electron chi connectivity index (χ2n) is 6.90. The van der Waals surface area contributed by atoms with E-state index in [0.29, 0.717) is 19.1 Å². The van der Waals surface area contributed by atoms with Crippen molar-refractivity contribution in [2.75, 3.05) is 47.4 Å². The number of piperidine rings is 1. The number of rotatable bonds is 8. The van der Waals surface area contributed by atoms with Crippen LogP contribution in [-0.2, 0) is 4.79 Å². The van der Waals surface area contributed by atoms with Crippen LogP contribution in [0.5, 0.6) is 11.5 Å². The van der Waals surface area contributed by atoms with Crippen molar-refractivity contribution in [1.82, 2.24) is 20.9 Å². The maximum absolute atomic E-state index is 11.5. The molecule has 9 heteroatoms. The van der Waals surface area contributed by atoms with Gasteiger partial charge in [-0.2, -0.15) is 0 Å². The minimum Gasteiger partial charge on any atom is -0.493 e. The maximum atomic E-state index is 11.5. The number of methoxy groups -OCH3 is 1. The summed E-state index contributed by atoms with van der Waals surface area (Å²) < 4.78 is 11.3. The van der Waals surface area contributed by atoms with Crippen LogP contribution in [0.2, 0.25) is 0 Å². The van der Waals surface area contributed by atoms with E-state index in [1.807, 2.05) is 31.2 Å². The fraction of sp³-hybridized carbons (Fsp3) is 0.600. The summed E-state index contributed by atoms with van der Waals surface area (Å²) >= 11 is 0. The molecule has 0 radical (unpaired) electrons. The van der Waals surface area contributed by atoms with Crippen LogP contribution in [0.15, 0.2) is 29.3 Å². The fourth-order valence-electron chi connectivity index (χ4n) is 3.12. The standard InChI is InChI=1S/C20H33N5O3.HI/c1-15(28-18-8-6-5-7-17(18)27-4)13-23-20(22-3)24-16-9-11-25(12-10-16)14-19(26)21-2;/h5-8,15-16H,9-14H2,1-4H3,(H,21,26)(H2,22,23,24);1H. The van der Waals surface area contributed by atoms with Crippen LogP contribution in [0.4, 0.5) is 0 Å². The highest BCUT2D eigenvalue weighted by molar-refractivity contribution is 14.0. The molecule has 0 bridgehead atoms. The highest BCUT2D eigenvalue weighted by atomic mass is 127. The van der Waals surface area contributed by atoms with E-state index in [1.54, 1.807) is 21.2 Å². The zero-order valence-corrected chi connectivity index (χ0v) is 20.1. The van der Waals surface area contributed by atoms with Crippen LogP contribution in [0.1, 0.15) is 19.8 Å². The summed E-state index contributed by atoms with van der Waals surface area (Å²) in [6, 6.07) is 7.97. The Morgan fingerprint density at radius 3 is 2.52 bits per heavy atom. The molecule has 1 unspecified atom stereocenters. The number of carbonyl (C=O) groups excluding carboxylic acids is 1. The highest BCUT2D eigenvalue weighted by Gasteiger charge is 2.21. The van der Waals surface area contributed by atoms with E-state index in [1.165, 1.54) is 0 Å². The van der Waals surface area contributed by atoms with Crippen LogP contribution in [0, 0.1) is 0 Å². The highest BCUT2D eigenvalue weighted by Crippen LogP contribution is 2.26. The van der Waals surface area contributed by atoms with Gasteiger partial charge in [0.25, 0.3) is 0 Å². The third kappa shape index (κ3) is 8.65. The van der Waals surface area contributed by atoms with Crippen LogP contribution >= 0.6 is 24.0 Å². The van der Waals surface area contributed by atoms with Crippen LogP contribution in [0.25, 0.3) is 0 Å². The van der Waals surface area contributed by atoms with Gasteiger partial charge < -0.3 is 25.4 Å². The Hall–Kier alpha value is -1.75. The molecule has 1 aromatic rings. The quantitative estimate of drug-likeness (QED) is 0.274. The van der Waals surface area contributed by atoms with Gasteiger partial charge in [-0.1, -0.05) is 12.1 Å². The molecule has 1 aliphatic heterocycles. The predicted molar refractivity (Wildman–Crippen MR) is 127 cm³/mol. The SMILES string of the molecule is CN=C(NCC(C)Oc1ccccc1OC)NC1CCN(CC(=O)NC)CC1.I. The van der Waals surface area contributed by atoms with E-state index in [2.05, 4.69) is 25.8 Å². The molecule has 1 heterocycles. The number of carbonyl (C=O) groups is 1. The molecule has 2 rings (SSSR count). The lowest BCUT2D eigenvalue weighted by atomic mass is 10.1. The Labute approximate surface area is 190 Å². The molecule has 1 atom stereocenters. The van der Waals surface area contributed by atoms with Crippen molar-refractivity contribution in [3.8, 4) is 11.5 Å². The number of halogens is 1. The fourth-order valence-corrected chi connectivity index (χ4v) is 3.12. The van der Waals surface area contributed by atoms with Crippen molar-refractivity contribution in [2.45, 2.75) is 31.9 Å². The number of guanidine groups is 1. The molecule has 1 amide bonds. The minimum absolute atomic E-state index is 0. The average molecular weight is 519 g/mol. The number of hydrogen-bond donors (Lipinski definition) is 3. The average Bonchev–Trinajstić information content (AvgIpc) is 2.72. The van der Waals surface area contributed by atoms with Crippen LogP contribution in [-0.4, -0.2) is 76.3 Å². The van der Waals surface area contributed by atoms with E-state index in [4.69, 9.17) is 9.47 Å². The molecular weight excluding hydrogens is 485 g/mol. The van der Waals surface area contributed by atoms with Gasteiger partial charge in [-0.25, -0.2) is 0 Å². The van der Waals surface area contributed by atoms with E-state index < -0.39 is 0 Å². The first-order valence-corrected chi connectivity index (χ1v) is 9.75. The summed E-state index contributed by atoms with van der Waals surface area (Å²) in [4.78, 5) is 18.0. The maximum Gasteiger partial charge on any atom is 0.233 e. The lowest BCUT2D eigenvalue weighted by Crippen LogP contribution is -2.51. The largest absolute Gasteiger partial charge is 0.493 e. The van der Waals surface area contributed by atoms with Gasteiger partial charge >= 0.3 is 0 Å². The summed E-state index contributed by atoms with van der Waals surface area (Å²) in [5, 5.41) is 9.46. The summed E-state index contributed by atoms with van der Waals surface area (Å²) in [5.41, 5.74) is 0. The summed E-state index contributed by atoms with van der Waals surface area (Å²) in [6.07, 6.45) is 1.90. The smallest absolute Gasteiger partial charge is 0.233 e. The van der Waals surface area contributed by atoms with E-state index in [0.717, 1.165) is 43.4 Å². The van der Waals surface area contributed by atoms with E-state index in [9.17, 15) is 4.79 Å². The monoisotopic (exact) mass is 519 g/mol. The molecule has 3 N–H and O–H groups in total. The number of para-hydroxylation sites is 2. The van der Waals surface area contributed by atoms with E-state index in [-0.39, 0.29) is 36.0 Å². The molecule has 0 saturated carbocycles. The van der Waals surface area contributed by atoms with Gasteiger partial charge in [0.1, 0.15) is 6.10 Å². The number of ether oxygens (including phenoxy) is 2. The lowest BCUT2D eigenvalue weighted by molar-refractivity contribution is -0.122. The first-order valence-electron chi connectivity index (χ1n) is 9.75. The summed E-state index contributed by atoms with van der Waals surface area (Å²) in [5.74, 6) is 2.28. The Morgan fingerprint density at radius 1 is 1.28 bits per heavy atom. The van der Waals surface area contributed by atoms with Crippen LogP contribution < -0.4 is 25.4 Å². The Kier molecular flexibility index (Phi) is 11.7. The predicted octanol–water partition coefficient (Wildman–Crippen LogP) is 1.46. The molecule has 1 aromatic carbocycles. The molecule has 1 aliphatic rings. The molecule has 0 aliphatic carbocycles. The molecule has 1 fully saturated rings. The second kappa shape index (κ2) is 13.5. The van der Waals surface area contributed by atoms with Gasteiger partial charge in [-0.3, -0.25) is 14.7 Å². The number of hydrogen-bond acceptors (Lipinski definition) is 5. The van der Waals surface area contributed by atoms with Crippen molar-refractivity contribution in [2.24, 2.45) is 4.99 Å². The molecule has 0 spiro atoms. The molecule has 0 aromatic heterocycles. The van der Waals surface area contributed by atoms with Gasteiger partial charge in [0.2, 0.25) is 5.91 Å². The Bertz CT molecular complexity index is 651. The Morgan fingerprint density at radius 2 is 1.93 bits per heavy atom. The number of amides is 1. The number of nitrogens with one attached hydrogen (secondary N) is 3. The lowest BCUT2D eigenvalue weighted by Gasteiger charge is -2.32. The molecule has 1 saturated heterocycles. The normalized spacial score (nSPS) is 16.3. The number of benzene rings is 1. The van der Waals surface area contributed by atoms with Crippen molar-refractivity contribution < 1.29 is 14.3 Å². The number of aliphatic imine (C=N–C) groups is 1. The van der Waals surface area contributed by atoms with Gasteiger partial charge in [-0.05, 0) is 31.9 Å². The molecule has 8 nitrogen and oxygen atoms in total. The topological polar surface area (TPSA) is 87.2 Å². The van der Waals surface area contributed by atoms with Crippen molar-refractivity contribution in [1.29, 1.82) is 0 Å². The van der Waals surface area contributed by atoms with Gasteiger partial charge in [0.05, 0.1) is 20.2 Å². The van der Waals surface area contributed by atoms with Gasteiger partial charge in [0, 0.05) is 33.2 Å². The molecule has 164 valence electrons. The van der Waals surface area contributed by atoms with Crippen molar-refractivity contribution in [3.63, 3.8) is 0 Å². The summed E-state index contributed by atoms with van der Waals surface area (Å²) in [6.45, 7) is 4.88. The van der Waals surface area contributed by atoms with E-state index >= 15 is 0 Å². The first-order chi connectivity index (χ1) is 13.5. The third-order valence-electron chi connectivity index (χ3n) is 4.75. The Balaban J connectivity index is 0.00000420. The van der Waals surface area contributed by atoms with Crippen LogP contribution in [0.3, 0.4) is 0 Å². The van der Waals surface area contributed by atoms with Gasteiger partial charge in [-0.15, -0.1) is 24.0 Å². The second-order valence-corrected chi connectivity index (χ2v) is 6.90. The van der Waals surface area contributed by atoms with Crippen molar-refractivity contribution in [3.05, 3.63) is 24.3 Å². The van der Waals surface area contributed by atoms with Gasteiger partial charge in [0.15, 0.2) is 17.5 Å². The zero-order chi connectivity index (χ0) is 20.4. The number of likely N-dealkylation sites (tertiary alicyclic amines) is 1. The third-order valence-corrected chi connectivity index (χ3v) is 4.75. The molecule has 29 heavy (non-hydrogen) atoms. The summed E-state index contributed by atoms with van der Waals surface area (Å²) in [7, 11) is 5.07. The minimum atomic E-state index is -0.0516. The number of nitrogens with zero attached hydrogens (tertiary/aromatic N) is 2. The van der Waals surface area contributed by atoms with Crippen molar-refractivity contribution >= 4 is 35.8 Å². The molecular formula is C20H34IN5O3. The number of likely N-dealkylation sites (N-methyl/N-ethyl adjacent to an activating group) is 1.